The largest absolute Gasteiger partial charge is 0.352 e. The molecular weight excluding hydrogens is 459 g/mol. The highest BCUT2D eigenvalue weighted by Crippen LogP contribution is 2.69. The van der Waals surface area contributed by atoms with Gasteiger partial charge in [0.2, 0.25) is 17.7 Å². The number of nitrogens with one attached hydrogen (secondary N) is 1. The van der Waals surface area contributed by atoms with Crippen molar-refractivity contribution < 1.29 is 14.4 Å². The molecule has 2 aromatic rings. The van der Waals surface area contributed by atoms with Crippen molar-refractivity contribution in [2.45, 2.75) is 47.9 Å². The average Bonchev–Trinajstić information content (AvgIpc) is 3.09. The molecule has 2 aromatic carbocycles. The molecular formula is C26H24Cl2N2O3. The molecule has 4 aliphatic carbocycles. The fourth-order valence-electron chi connectivity index (χ4n) is 6.54. The number of nitrogens with zero attached hydrogens (tertiary/aromatic N) is 1. The molecule has 1 N–H and O–H groups in total. The van der Waals surface area contributed by atoms with Gasteiger partial charge in [-0.1, -0.05) is 67.8 Å². The number of halogens is 2. The van der Waals surface area contributed by atoms with Crippen LogP contribution in [0.2, 0.25) is 0 Å². The third-order valence-electron chi connectivity index (χ3n) is 7.95. The van der Waals surface area contributed by atoms with Crippen LogP contribution in [0.5, 0.6) is 0 Å². The van der Waals surface area contributed by atoms with Gasteiger partial charge in [0.25, 0.3) is 0 Å². The first-order valence-electron chi connectivity index (χ1n) is 11.6. The van der Waals surface area contributed by atoms with E-state index in [1.165, 1.54) is 6.42 Å². The summed E-state index contributed by atoms with van der Waals surface area (Å²) in [6.45, 7) is -0.298. The fourth-order valence-corrected chi connectivity index (χ4v) is 7.64. The van der Waals surface area contributed by atoms with Crippen molar-refractivity contribution in [3.8, 4) is 0 Å². The number of rotatable bonds is 3. The van der Waals surface area contributed by atoms with Crippen LogP contribution in [-0.4, -0.2) is 35.2 Å². The van der Waals surface area contributed by atoms with Crippen LogP contribution >= 0.6 is 23.2 Å². The number of carbonyl (C=O) groups is 3. The van der Waals surface area contributed by atoms with Gasteiger partial charge < -0.3 is 5.32 Å². The van der Waals surface area contributed by atoms with E-state index < -0.39 is 33.4 Å². The number of hydrogen-bond donors (Lipinski definition) is 1. The third kappa shape index (κ3) is 2.69. The second kappa shape index (κ2) is 7.31. The molecule has 5 aliphatic rings. The molecule has 1 saturated heterocycles. The fraction of sp³-hybridized carbons (Fsp3) is 0.423. The molecule has 1 saturated carbocycles. The zero-order chi connectivity index (χ0) is 23.0. The molecule has 5 nitrogen and oxygen atoms in total. The first kappa shape index (κ1) is 21.2. The van der Waals surface area contributed by atoms with Gasteiger partial charge in [-0.15, -0.1) is 23.2 Å². The van der Waals surface area contributed by atoms with Crippen LogP contribution in [0.3, 0.4) is 0 Å². The molecule has 0 unspecified atom stereocenters. The standard InChI is InChI=1S/C26H24Cl2N2O3/c27-25-16-10-4-5-11-17(16)26(28,19-13-7-6-12-18(19)25)22-21(25)23(32)30(24(22)33)14-20(31)29-15-8-2-1-3-9-15/h4-7,10-13,15,21-22H,1-3,8-9,14H2,(H,29,31)/t21-,22+,25?,26?. The van der Waals surface area contributed by atoms with Crippen molar-refractivity contribution in [1.29, 1.82) is 0 Å². The number of benzene rings is 2. The van der Waals surface area contributed by atoms with E-state index in [1.807, 2.05) is 48.5 Å². The molecule has 2 bridgehead atoms. The summed E-state index contributed by atoms with van der Waals surface area (Å²) in [7, 11) is 0. The van der Waals surface area contributed by atoms with E-state index in [4.69, 9.17) is 23.2 Å². The molecule has 2 atom stereocenters. The lowest BCUT2D eigenvalue weighted by molar-refractivity contribution is -0.144. The molecule has 2 fully saturated rings. The molecule has 0 spiro atoms. The monoisotopic (exact) mass is 482 g/mol. The van der Waals surface area contributed by atoms with Gasteiger partial charge in [0.05, 0.1) is 11.8 Å². The Morgan fingerprint density at radius 3 is 1.67 bits per heavy atom. The van der Waals surface area contributed by atoms with Crippen molar-refractivity contribution >= 4 is 40.9 Å². The van der Waals surface area contributed by atoms with Crippen LogP contribution in [-0.2, 0) is 24.1 Å². The Bertz CT molecular complexity index is 1070. The van der Waals surface area contributed by atoms with Gasteiger partial charge in [-0.25, -0.2) is 0 Å². The highest BCUT2D eigenvalue weighted by atomic mass is 35.5. The molecule has 1 heterocycles. The Labute approximate surface area is 202 Å². The second-order valence-electron chi connectivity index (χ2n) is 9.64. The SMILES string of the molecule is O=C(CN1C(=O)[C@@H]2[C@H](C1=O)C1(Cl)c3ccccc3C2(Cl)c2ccccc21)NC1CCCCC1. The summed E-state index contributed by atoms with van der Waals surface area (Å²) in [6.07, 6.45) is 5.20. The molecule has 7 heteroatoms. The van der Waals surface area contributed by atoms with E-state index in [-0.39, 0.29) is 18.5 Å². The molecule has 1 aliphatic heterocycles. The molecule has 33 heavy (non-hydrogen) atoms. The van der Waals surface area contributed by atoms with Crippen molar-refractivity contribution in [1.82, 2.24) is 10.2 Å². The minimum absolute atomic E-state index is 0.102. The van der Waals surface area contributed by atoms with Crippen LogP contribution in [0.1, 0.15) is 54.4 Å². The van der Waals surface area contributed by atoms with Crippen molar-refractivity contribution in [3.63, 3.8) is 0 Å². The predicted molar refractivity (Wildman–Crippen MR) is 125 cm³/mol. The lowest BCUT2D eigenvalue weighted by atomic mass is 9.54. The predicted octanol–water partition coefficient (Wildman–Crippen LogP) is 4.03. The molecule has 170 valence electrons. The first-order chi connectivity index (χ1) is 15.9. The Hall–Kier alpha value is -2.37. The zero-order valence-electron chi connectivity index (χ0n) is 18.0. The maximum absolute atomic E-state index is 13.7. The van der Waals surface area contributed by atoms with Gasteiger partial charge in [0.15, 0.2) is 0 Å². The molecule has 3 amide bonds. The molecule has 0 radical (unpaired) electrons. The van der Waals surface area contributed by atoms with Crippen molar-refractivity contribution in [2.75, 3.05) is 6.54 Å². The lowest BCUT2D eigenvalue weighted by Crippen LogP contribution is -2.57. The summed E-state index contributed by atoms with van der Waals surface area (Å²) in [4.78, 5) is 38.9. The number of amides is 3. The normalized spacial score (nSPS) is 32.4. The van der Waals surface area contributed by atoms with E-state index in [1.54, 1.807) is 0 Å². The van der Waals surface area contributed by atoms with Gasteiger partial charge in [-0.2, -0.15) is 0 Å². The Kier molecular flexibility index (Phi) is 4.69. The van der Waals surface area contributed by atoms with Gasteiger partial charge in [0, 0.05) is 6.04 Å². The van der Waals surface area contributed by atoms with Crippen LogP contribution in [0.15, 0.2) is 48.5 Å². The number of likely N-dealkylation sites (tertiary alicyclic amines) is 1. The minimum Gasteiger partial charge on any atom is -0.352 e. The lowest BCUT2D eigenvalue weighted by Gasteiger charge is -2.54. The van der Waals surface area contributed by atoms with Crippen molar-refractivity contribution in [2.24, 2.45) is 11.8 Å². The minimum atomic E-state index is -1.21. The van der Waals surface area contributed by atoms with Gasteiger partial charge in [0.1, 0.15) is 16.3 Å². The molecule has 0 aromatic heterocycles. The van der Waals surface area contributed by atoms with E-state index in [9.17, 15) is 14.4 Å². The van der Waals surface area contributed by atoms with E-state index >= 15 is 0 Å². The summed E-state index contributed by atoms with van der Waals surface area (Å²) in [5.74, 6) is -2.88. The average molecular weight is 483 g/mol. The number of imide groups is 1. The quantitative estimate of drug-likeness (QED) is 0.530. The van der Waals surface area contributed by atoms with Gasteiger partial charge in [-0.05, 0) is 35.1 Å². The maximum Gasteiger partial charge on any atom is 0.240 e. The van der Waals surface area contributed by atoms with Crippen molar-refractivity contribution in [3.05, 3.63) is 70.8 Å². The van der Waals surface area contributed by atoms with Gasteiger partial charge >= 0.3 is 0 Å². The smallest absolute Gasteiger partial charge is 0.240 e. The highest BCUT2D eigenvalue weighted by Gasteiger charge is 2.73. The van der Waals surface area contributed by atoms with E-state index in [2.05, 4.69) is 5.32 Å². The summed E-state index contributed by atoms with van der Waals surface area (Å²) >= 11 is 14.8. The topological polar surface area (TPSA) is 66.5 Å². The Morgan fingerprint density at radius 2 is 1.24 bits per heavy atom. The summed E-state index contributed by atoms with van der Waals surface area (Å²) in [5.41, 5.74) is 3.04. The zero-order valence-corrected chi connectivity index (χ0v) is 19.5. The number of hydrogen-bond acceptors (Lipinski definition) is 3. The molecule has 7 rings (SSSR count). The number of alkyl halides is 2. The van der Waals surface area contributed by atoms with Crippen LogP contribution in [0.25, 0.3) is 0 Å². The summed E-state index contributed by atoms with van der Waals surface area (Å²) < 4.78 is 0. The second-order valence-corrected chi connectivity index (χ2v) is 10.8. The number of carbonyl (C=O) groups excluding carboxylic acids is 3. The van der Waals surface area contributed by atoms with E-state index in [0.717, 1.165) is 52.8 Å². The maximum atomic E-state index is 13.7. The Morgan fingerprint density at radius 1 is 0.818 bits per heavy atom. The van der Waals surface area contributed by atoms with Crippen LogP contribution < -0.4 is 5.32 Å². The van der Waals surface area contributed by atoms with Crippen LogP contribution in [0.4, 0.5) is 0 Å². The summed E-state index contributed by atoms with van der Waals surface area (Å²) in [6, 6.07) is 15.2. The highest BCUT2D eigenvalue weighted by molar-refractivity contribution is 6.36. The first-order valence-corrected chi connectivity index (χ1v) is 12.4. The Balaban J connectivity index is 1.41. The van der Waals surface area contributed by atoms with Gasteiger partial charge in [-0.3, -0.25) is 19.3 Å². The van der Waals surface area contributed by atoms with E-state index in [0.29, 0.717) is 0 Å². The summed E-state index contributed by atoms with van der Waals surface area (Å²) in [5, 5.41) is 3.01. The third-order valence-corrected chi connectivity index (χ3v) is 9.23. The van der Waals surface area contributed by atoms with Crippen LogP contribution in [0, 0.1) is 11.8 Å².